The van der Waals surface area contributed by atoms with E-state index in [1.165, 1.54) is 5.56 Å². The second-order valence-corrected chi connectivity index (χ2v) is 11.7. The summed E-state index contributed by atoms with van der Waals surface area (Å²) < 4.78 is 7.64. The molecule has 8 heteroatoms. The van der Waals surface area contributed by atoms with Crippen LogP contribution in [0.2, 0.25) is 0 Å². The molecule has 214 valence electrons. The van der Waals surface area contributed by atoms with Crippen molar-refractivity contribution in [2.45, 2.75) is 45.2 Å². The van der Waals surface area contributed by atoms with Crippen LogP contribution in [-0.4, -0.2) is 52.4 Å². The van der Waals surface area contributed by atoms with Gasteiger partial charge in [-0.05, 0) is 82.8 Å². The quantitative estimate of drug-likeness (QED) is 0.312. The predicted octanol–water partition coefficient (Wildman–Crippen LogP) is 4.94. The number of hydrogen-bond donors (Lipinski definition) is 1. The minimum atomic E-state index is -0.341. The van der Waals surface area contributed by atoms with Crippen LogP contribution in [0.15, 0.2) is 65.5 Å². The van der Waals surface area contributed by atoms with Crippen molar-refractivity contribution in [1.29, 1.82) is 0 Å². The van der Waals surface area contributed by atoms with E-state index in [9.17, 15) is 14.4 Å². The number of Topliss-reactive ketones (excluding diaryl/α,β-unsaturated/α-hetero) is 1. The molecule has 0 bridgehead atoms. The highest BCUT2D eigenvalue weighted by molar-refractivity contribution is 5.92. The van der Waals surface area contributed by atoms with Crippen LogP contribution in [0, 0.1) is 0 Å². The average molecular weight is 563 g/mol. The van der Waals surface area contributed by atoms with Gasteiger partial charge >= 0.3 is 6.09 Å². The summed E-state index contributed by atoms with van der Waals surface area (Å²) in [5.74, 6) is 0.540. The van der Waals surface area contributed by atoms with Crippen molar-refractivity contribution >= 4 is 28.3 Å². The molecule has 4 aromatic rings. The van der Waals surface area contributed by atoms with Crippen LogP contribution in [0.1, 0.15) is 47.9 Å². The Kier molecular flexibility index (Phi) is 6.58. The normalized spacial score (nSPS) is 18.1. The zero-order chi connectivity index (χ0) is 29.0. The smallest absolute Gasteiger partial charge is 0.410 e. The Morgan fingerprint density at radius 3 is 2.48 bits per heavy atom. The Balaban J connectivity index is 1.07. The molecular formula is C34H34N4O4. The monoisotopic (exact) mass is 562 g/mol. The number of aromatic nitrogens is 1. The zero-order valence-electron chi connectivity index (χ0n) is 23.8. The van der Waals surface area contributed by atoms with Gasteiger partial charge in [-0.15, -0.1) is 0 Å². The number of piperazine rings is 1. The number of rotatable bonds is 4. The highest BCUT2D eigenvalue weighted by atomic mass is 16.6. The summed E-state index contributed by atoms with van der Waals surface area (Å²) in [5.41, 5.74) is 12.4. The highest BCUT2D eigenvalue weighted by Gasteiger charge is 2.32. The fourth-order valence-corrected chi connectivity index (χ4v) is 6.76. The standard InChI is InChI=1S/C34H34N4O4/c1-2-27-30-18-31-29-17-22-5-8-26(16-23(22)15-24(29)20-38(31)33(40)28(30)9-10-32(27)39)42-34(41)37-13-11-36(12-14-37)19-21-3-6-25(35)7-4-21/h3-8,15-18,27H,2,9-14,19-20,35H2,1H3. The van der Waals surface area contributed by atoms with E-state index in [0.717, 1.165) is 64.0 Å². The molecule has 42 heavy (non-hydrogen) atoms. The summed E-state index contributed by atoms with van der Waals surface area (Å²) in [7, 11) is 0. The number of carbonyl (C=O) groups excluding carboxylic acids is 2. The minimum absolute atomic E-state index is 0.0249. The van der Waals surface area contributed by atoms with Crippen LogP contribution >= 0.6 is 0 Å². The van der Waals surface area contributed by atoms with Crippen LogP contribution in [0.3, 0.4) is 0 Å². The van der Waals surface area contributed by atoms with E-state index in [-0.39, 0.29) is 23.4 Å². The lowest BCUT2D eigenvalue weighted by Crippen LogP contribution is -2.49. The van der Waals surface area contributed by atoms with Crippen molar-refractivity contribution < 1.29 is 14.3 Å². The van der Waals surface area contributed by atoms with E-state index >= 15 is 0 Å². The first-order valence-electron chi connectivity index (χ1n) is 14.8. The second-order valence-electron chi connectivity index (χ2n) is 11.7. The first kappa shape index (κ1) is 26.5. The summed E-state index contributed by atoms with van der Waals surface area (Å²) in [6, 6.07) is 19.9. The number of benzene rings is 3. The molecule has 1 aromatic heterocycles. The molecule has 1 unspecified atom stereocenters. The van der Waals surface area contributed by atoms with Crippen molar-refractivity contribution in [3.63, 3.8) is 0 Å². The molecule has 0 saturated carbocycles. The van der Waals surface area contributed by atoms with Crippen LogP contribution in [-0.2, 0) is 24.3 Å². The van der Waals surface area contributed by atoms with Crippen LogP contribution in [0.5, 0.6) is 5.75 Å². The lowest BCUT2D eigenvalue weighted by molar-refractivity contribution is -0.121. The Labute approximate surface area is 244 Å². The predicted molar refractivity (Wildman–Crippen MR) is 163 cm³/mol. The Morgan fingerprint density at radius 1 is 0.929 bits per heavy atom. The Hall–Kier alpha value is -4.43. The number of ketones is 1. The van der Waals surface area contributed by atoms with Crippen LogP contribution in [0.25, 0.3) is 22.0 Å². The van der Waals surface area contributed by atoms with Crippen LogP contribution < -0.4 is 16.0 Å². The van der Waals surface area contributed by atoms with Gasteiger partial charge in [0.25, 0.3) is 5.56 Å². The summed E-state index contributed by atoms with van der Waals surface area (Å²) in [6.07, 6.45) is 1.33. The summed E-state index contributed by atoms with van der Waals surface area (Å²) >= 11 is 0. The van der Waals surface area contributed by atoms with Crippen molar-refractivity contribution in [3.05, 3.63) is 93.3 Å². The Morgan fingerprint density at radius 2 is 1.71 bits per heavy atom. The fourth-order valence-electron chi connectivity index (χ4n) is 6.76. The number of amides is 1. The lowest BCUT2D eigenvalue weighted by atomic mass is 9.80. The lowest BCUT2D eigenvalue weighted by Gasteiger charge is -2.34. The third kappa shape index (κ3) is 4.65. The van der Waals surface area contributed by atoms with Gasteiger partial charge in [-0.3, -0.25) is 14.5 Å². The van der Waals surface area contributed by atoms with Gasteiger partial charge in [0, 0.05) is 61.9 Å². The molecule has 3 aromatic carbocycles. The molecule has 1 amide bonds. The number of hydrogen-bond acceptors (Lipinski definition) is 6. The second kappa shape index (κ2) is 10.4. The van der Waals surface area contributed by atoms with E-state index in [0.29, 0.717) is 44.6 Å². The molecule has 1 aliphatic carbocycles. The van der Waals surface area contributed by atoms with E-state index in [4.69, 9.17) is 10.5 Å². The third-order valence-corrected chi connectivity index (χ3v) is 9.09. The van der Waals surface area contributed by atoms with Gasteiger partial charge < -0.3 is 19.9 Å². The number of nitrogen functional groups attached to an aromatic ring is 1. The van der Waals surface area contributed by atoms with Gasteiger partial charge in [0.15, 0.2) is 0 Å². The molecule has 1 saturated heterocycles. The maximum absolute atomic E-state index is 13.5. The topological polar surface area (TPSA) is 97.9 Å². The summed E-state index contributed by atoms with van der Waals surface area (Å²) in [5, 5.41) is 1.96. The van der Waals surface area contributed by atoms with Crippen molar-refractivity contribution in [3.8, 4) is 17.0 Å². The minimum Gasteiger partial charge on any atom is -0.410 e. The first-order valence-corrected chi connectivity index (χ1v) is 14.8. The molecule has 2 N–H and O–H groups in total. The SMILES string of the molecule is CCC1C(=O)CCc2c1cc1n(c2=O)Cc2cc3cc(OC(=O)N4CCN(Cc5ccc(N)cc5)CC4)ccc3cc2-1. The van der Waals surface area contributed by atoms with Gasteiger partial charge in [0.1, 0.15) is 11.5 Å². The number of anilines is 1. The highest BCUT2D eigenvalue weighted by Crippen LogP contribution is 2.39. The number of nitrogens with zero attached hydrogens (tertiary/aromatic N) is 3. The maximum atomic E-state index is 13.5. The maximum Gasteiger partial charge on any atom is 0.415 e. The third-order valence-electron chi connectivity index (χ3n) is 9.09. The first-order chi connectivity index (χ1) is 20.4. The molecule has 3 heterocycles. The summed E-state index contributed by atoms with van der Waals surface area (Å²) in [4.78, 5) is 43.1. The number of ether oxygens (including phenoxy) is 1. The molecule has 0 spiro atoms. The molecule has 1 fully saturated rings. The van der Waals surface area contributed by atoms with Gasteiger partial charge in [-0.1, -0.05) is 25.1 Å². The van der Waals surface area contributed by atoms with Crippen molar-refractivity contribution in [2.24, 2.45) is 0 Å². The Bertz CT molecular complexity index is 1780. The van der Waals surface area contributed by atoms with E-state index in [1.54, 1.807) is 4.90 Å². The molecule has 8 nitrogen and oxygen atoms in total. The van der Waals surface area contributed by atoms with Crippen molar-refractivity contribution in [1.82, 2.24) is 14.4 Å². The van der Waals surface area contributed by atoms with Gasteiger partial charge in [-0.25, -0.2) is 4.79 Å². The van der Waals surface area contributed by atoms with E-state index in [2.05, 4.69) is 23.1 Å². The van der Waals surface area contributed by atoms with Gasteiger partial charge in [-0.2, -0.15) is 0 Å². The van der Waals surface area contributed by atoms with Crippen LogP contribution in [0.4, 0.5) is 10.5 Å². The van der Waals surface area contributed by atoms with Gasteiger partial charge in [0.05, 0.1) is 12.2 Å². The number of fused-ring (bicyclic) bond motifs is 5. The van der Waals surface area contributed by atoms with E-state index in [1.807, 2.05) is 54.0 Å². The van der Waals surface area contributed by atoms with Gasteiger partial charge in [0.2, 0.25) is 0 Å². The molecule has 7 rings (SSSR count). The fraction of sp³-hybridized carbons (Fsp3) is 0.324. The molecular weight excluding hydrogens is 528 g/mol. The number of nitrogens with two attached hydrogens (primary N) is 1. The average Bonchev–Trinajstić information content (AvgIpc) is 3.35. The van der Waals surface area contributed by atoms with E-state index < -0.39 is 0 Å². The molecule has 1 atom stereocenters. The molecule has 0 radical (unpaired) electrons. The number of carbonyl (C=O) groups is 2. The zero-order valence-corrected chi connectivity index (χ0v) is 23.8. The van der Waals surface area contributed by atoms with Crippen molar-refractivity contribution in [2.75, 3.05) is 31.9 Å². The molecule has 3 aliphatic rings. The largest absolute Gasteiger partial charge is 0.415 e. The molecule has 2 aliphatic heterocycles. The number of pyridine rings is 1. The summed E-state index contributed by atoms with van der Waals surface area (Å²) in [6.45, 7) is 6.11.